The molecule has 108 valence electrons. The number of hydrogen-bond acceptors (Lipinski definition) is 6. The molecule has 2 aromatic rings. The average molecular weight is 331 g/mol. The lowest BCUT2D eigenvalue weighted by Crippen LogP contribution is -2.25. The lowest BCUT2D eigenvalue weighted by molar-refractivity contribution is 0.0957. The lowest BCUT2D eigenvalue weighted by Gasteiger charge is -2.02. The molecular formula is C11H13N3O3S3. The highest BCUT2D eigenvalue weighted by Crippen LogP contribution is 2.20. The zero-order chi connectivity index (χ0) is 14.8. The Morgan fingerprint density at radius 3 is 2.75 bits per heavy atom. The highest BCUT2D eigenvalue weighted by atomic mass is 32.2. The highest BCUT2D eigenvalue weighted by Gasteiger charge is 2.13. The standard InChI is InChI=1S/C11H13N3O3S3/c1-7-10(18-6-14-7)11(15)13-5-4-8-2-3-9(19-8)20(12,16)17/h2-3,6H,4-5H2,1H3,(H,13,15)(H2,12,16,17). The zero-order valence-electron chi connectivity index (χ0n) is 10.6. The quantitative estimate of drug-likeness (QED) is 0.857. The van der Waals surface area contributed by atoms with E-state index in [0.29, 0.717) is 23.5 Å². The van der Waals surface area contributed by atoms with E-state index < -0.39 is 10.0 Å². The number of aryl methyl sites for hydroxylation is 1. The van der Waals surface area contributed by atoms with Gasteiger partial charge in [0, 0.05) is 11.4 Å². The largest absolute Gasteiger partial charge is 0.351 e. The van der Waals surface area contributed by atoms with E-state index >= 15 is 0 Å². The van der Waals surface area contributed by atoms with Crippen molar-refractivity contribution in [3.05, 3.63) is 33.1 Å². The van der Waals surface area contributed by atoms with E-state index in [9.17, 15) is 13.2 Å². The van der Waals surface area contributed by atoms with Crippen molar-refractivity contribution in [1.82, 2.24) is 10.3 Å². The Labute approximate surface area is 124 Å². The van der Waals surface area contributed by atoms with E-state index in [4.69, 9.17) is 5.14 Å². The van der Waals surface area contributed by atoms with Gasteiger partial charge in [0.05, 0.1) is 11.2 Å². The number of carbonyl (C=O) groups excluding carboxylic acids is 1. The fourth-order valence-electron chi connectivity index (χ4n) is 1.54. The van der Waals surface area contributed by atoms with E-state index in [1.165, 1.54) is 17.4 Å². The normalized spacial score (nSPS) is 11.5. The molecule has 3 N–H and O–H groups in total. The molecule has 0 aromatic carbocycles. The van der Waals surface area contributed by atoms with Crippen LogP contribution in [0.15, 0.2) is 21.9 Å². The van der Waals surface area contributed by atoms with Crippen molar-refractivity contribution in [2.45, 2.75) is 17.6 Å². The molecule has 0 saturated heterocycles. The number of carbonyl (C=O) groups is 1. The Kier molecular flexibility index (Phi) is 4.53. The number of rotatable bonds is 5. The molecule has 0 unspecified atom stereocenters. The fraction of sp³-hybridized carbons (Fsp3) is 0.273. The summed E-state index contributed by atoms with van der Waals surface area (Å²) in [5.74, 6) is -0.159. The fourth-order valence-corrected chi connectivity index (χ4v) is 4.04. The zero-order valence-corrected chi connectivity index (χ0v) is 13.1. The van der Waals surface area contributed by atoms with Gasteiger partial charge in [-0.15, -0.1) is 22.7 Å². The number of primary sulfonamides is 1. The first-order valence-electron chi connectivity index (χ1n) is 5.67. The first kappa shape index (κ1) is 15.1. The third kappa shape index (κ3) is 3.63. The van der Waals surface area contributed by atoms with Gasteiger partial charge in [-0.2, -0.15) is 0 Å². The summed E-state index contributed by atoms with van der Waals surface area (Å²) in [7, 11) is -3.64. The van der Waals surface area contributed by atoms with Gasteiger partial charge in [-0.25, -0.2) is 18.5 Å². The molecule has 0 aliphatic rings. The van der Waals surface area contributed by atoms with Gasteiger partial charge in [-0.3, -0.25) is 4.79 Å². The van der Waals surface area contributed by atoms with Crippen molar-refractivity contribution < 1.29 is 13.2 Å². The molecule has 2 aromatic heterocycles. The average Bonchev–Trinajstić information content (AvgIpc) is 2.97. The number of thiophene rings is 1. The molecule has 0 spiro atoms. The molecule has 9 heteroatoms. The second-order valence-corrected chi connectivity index (χ2v) is 7.85. The van der Waals surface area contributed by atoms with Crippen LogP contribution in [0.4, 0.5) is 0 Å². The first-order chi connectivity index (χ1) is 9.38. The van der Waals surface area contributed by atoms with Crippen molar-refractivity contribution in [2.24, 2.45) is 5.14 Å². The van der Waals surface area contributed by atoms with Gasteiger partial charge >= 0.3 is 0 Å². The van der Waals surface area contributed by atoms with Crippen LogP contribution in [0, 0.1) is 6.92 Å². The summed E-state index contributed by atoms with van der Waals surface area (Å²) in [6.07, 6.45) is 0.559. The molecule has 0 aliphatic carbocycles. The van der Waals surface area contributed by atoms with Gasteiger partial charge < -0.3 is 5.32 Å². The summed E-state index contributed by atoms with van der Waals surface area (Å²) in [6.45, 7) is 2.21. The molecule has 20 heavy (non-hydrogen) atoms. The SMILES string of the molecule is Cc1ncsc1C(=O)NCCc1ccc(S(N)(=O)=O)s1. The lowest BCUT2D eigenvalue weighted by atomic mass is 10.3. The van der Waals surface area contributed by atoms with Crippen molar-refractivity contribution in [1.29, 1.82) is 0 Å². The molecular weight excluding hydrogens is 318 g/mol. The summed E-state index contributed by atoms with van der Waals surface area (Å²) in [4.78, 5) is 17.3. The molecule has 2 rings (SSSR count). The van der Waals surface area contributed by atoms with Gasteiger partial charge in [0.2, 0.25) is 10.0 Å². The Morgan fingerprint density at radius 1 is 1.45 bits per heavy atom. The number of nitrogens with one attached hydrogen (secondary N) is 1. The minimum atomic E-state index is -3.64. The molecule has 0 bridgehead atoms. The molecule has 1 amide bonds. The number of nitrogens with zero attached hydrogens (tertiary/aromatic N) is 1. The van der Waals surface area contributed by atoms with Crippen LogP contribution in [0.2, 0.25) is 0 Å². The van der Waals surface area contributed by atoms with Gasteiger partial charge in [0.25, 0.3) is 5.91 Å². The van der Waals surface area contributed by atoms with Crippen molar-refractivity contribution in [3.63, 3.8) is 0 Å². The first-order valence-corrected chi connectivity index (χ1v) is 8.92. The van der Waals surface area contributed by atoms with E-state index in [-0.39, 0.29) is 10.1 Å². The maximum Gasteiger partial charge on any atom is 0.263 e. The monoisotopic (exact) mass is 331 g/mol. The Bertz CT molecular complexity index is 718. The van der Waals surface area contributed by atoms with Gasteiger partial charge in [-0.05, 0) is 25.5 Å². The predicted octanol–water partition coefficient (Wildman–Crippen LogP) is 1.13. The third-order valence-electron chi connectivity index (χ3n) is 2.53. The minimum absolute atomic E-state index is 0.136. The third-order valence-corrected chi connectivity index (χ3v) is 6.04. The Hall–Kier alpha value is -1.29. The van der Waals surface area contributed by atoms with Crippen LogP contribution in [0.1, 0.15) is 20.2 Å². The maximum atomic E-state index is 11.8. The summed E-state index contributed by atoms with van der Waals surface area (Å²) in [5.41, 5.74) is 2.34. The molecule has 0 atom stereocenters. The van der Waals surface area contributed by atoms with Crippen molar-refractivity contribution in [2.75, 3.05) is 6.54 Å². The second kappa shape index (κ2) is 6.00. The minimum Gasteiger partial charge on any atom is -0.351 e. The van der Waals surface area contributed by atoms with Crippen LogP contribution in [0.25, 0.3) is 0 Å². The van der Waals surface area contributed by atoms with Crippen LogP contribution < -0.4 is 10.5 Å². The van der Waals surface area contributed by atoms with Crippen LogP contribution in [-0.2, 0) is 16.4 Å². The topological polar surface area (TPSA) is 102 Å². The van der Waals surface area contributed by atoms with Gasteiger partial charge in [-0.1, -0.05) is 0 Å². The van der Waals surface area contributed by atoms with Crippen LogP contribution in [0.5, 0.6) is 0 Å². The van der Waals surface area contributed by atoms with Gasteiger partial charge in [0.15, 0.2) is 0 Å². The number of nitrogens with two attached hydrogens (primary N) is 1. The van der Waals surface area contributed by atoms with Crippen molar-refractivity contribution >= 4 is 38.6 Å². The molecule has 0 fully saturated rings. The molecule has 6 nitrogen and oxygen atoms in total. The number of amides is 1. The maximum absolute atomic E-state index is 11.8. The van der Waals surface area contributed by atoms with E-state index in [1.807, 2.05) is 0 Å². The summed E-state index contributed by atoms with van der Waals surface area (Å²) < 4.78 is 22.4. The smallest absolute Gasteiger partial charge is 0.263 e. The summed E-state index contributed by atoms with van der Waals surface area (Å²) in [6, 6.07) is 3.18. The molecule has 0 aliphatic heterocycles. The van der Waals surface area contributed by atoms with Crippen LogP contribution in [0.3, 0.4) is 0 Å². The predicted molar refractivity (Wildman–Crippen MR) is 78.6 cm³/mol. The van der Waals surface area contributed by atoms with Crippen LogP contribution >= 0.6 is 22.7 Å². The van der Waals surface area contributed by atoms with E-state index in [1.54, 1.807) is 18.5 Å². The highest BCUT2D eigenvalue weighted by molar-refractivity contribution is 7.91. The summed E-state index contributed by atoms with van der Waals surface area (Å²) in [5, 5.41) is 7.81. The molecule has 0 saturated carbocycles. The Balaban J connectivity index is 1.89. The molecule has 0 radical (unpaired) electrons. The number of hydrogen-bond donors (Lipinski definition) is 2. The second-order valence-electron chi connectivity index (χ2n) is 4.04. The van der Waals surface area contributed by atoms with Crippen LogP contribution in [-0.4, -0.2) is 25.9 Å². The summed E-state index contributed by atoms with van der Waals surface area (Å²) >= 11 is 2.41. The van der Waals surface area contributed by atoms with Crippen molar-refractivity contribution in [3.8, 4) is 0 Å². The number of thiazole rings is 1. The van der Waals surface area contributed by atoms with E-state index in [2.05, 4.69) is 10.3 Å². The van der Waals surface area contributed by atoms with Gasteiger partial charge in [0.1, 0.15) is 9.09 Å². The Morgan fingerprint density at radius 2 is 2.20 bits per heavy atom. The van der Waals surface area contributed by atoms with E-state index in [0.717, 1.165) is 16.2 Å². The molecule has 2 heterocycles. The number of aromatic nitrogens is 1. The number of sulfonamides is 1.